The van der Waals surface area contributed by atoms with Gasteiger partial charge in [0.25, 0.3) is 0 Å². The third kappa shape index (κ3) is 2.77. The number of hydrogen-bond acceptors (Lipinski definition) is 3. The minimum Gasteiger partial charge on any atom is -0.326 e. The van der Waals surface area contributed by atoms with Crippen LogP contribution in [0.4, 0.5) is 8.78 Å². The van der Waals surface area contributed by atoms with Crippen molar-refractivity contribution in [2.24, 2.45) is 11.7 Å². The van der Waals surface area contributed by atoms with Gasteiger partial charge >= 0.3 is 0 Å². The summed E-state index contributed by atoms with van der Waals surface area (Å²) in [6.45, 7) is 2.40. The largest absolute Gasteiger partial charge is 0.326 e. The summed E-state index contributed by atoms with van der Waals surface area (Å²) >= 11 is 0. The van der Waals surface area contributed by atoms with E-state index in [0.29, 0.717) is 19.0 Å². The van der Waals surface area contributed by atoms with Crippen LogP contribution in [0.1, 0.15) is 13.3 Å². The molecule has 2 rings (SSSR count). The van der Waals surface area contributed by atoms with Gasteiger partial charge in [-0.15, -0.1) is 0 Å². The van der Waals surface area contributed by atoms with Crippen molar-refractivity contribution < 1.29 is 17.2 Å². The van der Waals surface area contributed by atoms with Crippen LogP contribution in [0.3, 0.4) is 0 Å². The second-order valence-corrected chi connectivity index (χ2v) is 6.77. The van der Waals surface area contributed by atoms with Gasteiger partial charge in [0.1, 0.15) is 16.5 Å². The normalized spacial score (nSPS) is 25.5. The molecule has 19 heavy (non-hydrogen) atoms. The predicted molar refractivity (Wildman–Crippen MR) is 66.9 cm³/mol. The molecule has 0 saturated carbocycles. The third-order valence-electron chi connectivity index (χ3n) is 3.49. The van der Waals surface area contributed by atoms with Crippen LogP contribution in [0.5, 0.6) is 0 Å². The lowest BCUT2D eigenvalue weighted by Crippen LogP contribution is -2.49. The first-order chi connectivity index (χ1) is 8.82. The Morgan fingerprint density at radius 2 is 2.05 bits per heavy atom. The van der Waals surface area contributed by atoms with E-state index in [9.17, 15) is 17.2 Å². The first-order valence-corrected chi connectivity index (χ1v) is 7.47. The van der Waals surface area contributed by atoms with E-state index >= 15 is 0 Å². The Balaban J connectivity index is 2.32. The number of rotatable bonds is 2. The zero-order valence-corrected chi connectivity index (χ0v) is 11.3. The summed E-state index contributed by atoms with van der Waals surface area (Å²) in [5.74, 6) is -1.66. The second kappa shape index (κ2) is 5.15. The molecule has 1 aromatic carbocycles. The van der Waals surface area contributed by atoms with Crippen molar-refractivity contribution in [2.75, 3.05) is 13.1 Å². The first-order valence-electron chi connectivity index (χ1n) is 6.03. The maximum atomic E-state index is 13.6. The maximum absolute atomic E-state index is 13.6. The molecule has 7 heteroatoms. The molecular formula is C12H16F2N2O2S. The predicted octanol–water partition coefficient (Wildman–Crippen LogP) is 1.32. The molecule has 2 atom stereocenters. The first kappa shape index (κ1) is 14.4. The van der Waals surface area contributed by atoms with E-state index < -0.39 is 26.6 Å². The molecule has 0 radical (unpaired) electrons. The zero-order valence-electron chi connectivity index (χ0n) is 10.5. The summed E-state index contributed by atoms with van der Waals surface area (Å²) < 4.78 is 52.1. The third-order valence-corrected chi connectivity index (χ3v) is 5.39. The lowest BCUT2D eigenvalue weighted by atomic mass is 9.96. The minimum absolute atomic E-state index is 0.153. The van der Waals surface area contributed by atoms with Crippen LogP contribution >= 0.6 is 0 Å². The van der Waals surface area contributed by atoms with E-state index in [1.807, 2.05) is 6.92 Å². The molecule has 2 unspecified atom stereocenters. The molecule has 0 amide bonds. The van der Waals surface area contributed by atoms with E-state index in [-0.39, 0.29) is 18.5 Å². The summed E-state index contributed by atoms with van der Waals surface area (Å²) in [4.78, 5) is -0.504. The van der Waals surface area contributed by atoms with E-state index in [0.717, 1.165) is 16.4 Å². The molecule has 1 heterocycles. The smallest absolute Gasteiger partial charge is 0.246 e. The van der Waals surface area contributed by atoms with E-state index in [1.165, 1.54) is 0 Å². The topological polar surface area (TPSA) is 63.4 Å². The van der Waals surface area contributed by atoms with Crippen molar-refractivity contribution in [1.29, 1.82) is 0 Å². The standard InChI is InChI=1S/C12H16F2N2O2S/c1-8-4-5-16(7-11(8)15)19(17,18)12-3-2-9(13)6-10(12)14/h2-3,6,8,11H,4-5,7,15H2,1H3. The fraction of sp³-hybridized carbons (Fsp3) is 0.500. The van der Waals surface area contributed by atoms with Gasteiger partial charge in [-0.1, -0.05) is 6.92 Å². The molecule has 0 spiro atoms. The van der Waals surface area contributed by atoms with Gasteiger partial charge in [0.2, 0.25) is 10.0 Å². The van der Waals surface area contributed by atoms with Crippen LogP contribution < -0.4 is 5.73 Å². The Morgan fingerprint density at radius 1 is 1.37 bits per heavy atom. The van der Waals surface area contributed by atoms with Crippen molar-refractivity contribution in [2.45, 2.75) is 24.3 Å². The highest BCUT2D eigenvalue weighted by atomic mass is 32.2. The van der Waals surface area contributed by atoms with E-state index in [2.05, 4.69) is 0 Å². The molecule has 2 N–H and O–H groups in total. The molecule has 4 nitrogen and oxygen atoms in total. The Hall–Kier alpha value is -1.05. The molecule has 0 bridgehead atoms. The van der Waals surface area contributed by atoms with Gasteiger partial charge in [-0.2, -0.15) is 4.31 Å². The maximum Gasteiger partial charge on any atom is 0.246 e. The molecular weight excluding hydrogens is 274 g/mol. The van der Waals surface area contributed by atoms with Gasteiger partial charge in [0.15, 0.2) is 0 Å². The highest BCUT2D eigenvalue weighted by Gasteiger charge is 2.33. The highest BCUT2D eigenvalue weighted by molar-refractivity contribution is 7.89. The van der Waals surface area contributed by atoms with Crippen LogP contribution in [0, 0.1) is 17.6 Å². The number of nitrogens with zero attached hydrogens (tertiary/aromatic N) is 1. The SMILES string of the molecule is CC1CCN(S(=O)(=O)c2ccc(F)cc2F)CC1N. The molecule has 1 aromatic rings. The Labute approximate surface area is 111 Å². The summed E-state index contributed by atoms with van der Waals surface area (Å²) in [5.41, 5.74) is 5.85. The van der Waals surface area contributed by atoms with Crippen molar-refractivity contribution in [3.8, 4) is 0 Å². The minimum atomic E-state index is -3.95. The molecule has 1 saturated heterocycles. The van der Waals surface area contributed by atoms with E-state index in [4.69, 9.17) is 5.73 Å². The molecule has 0 aromatic heterocycles. The number of hydrogen-bond donors (Lipinski definition) is 1. The lowest BCUT2D eigenvalue weighted by molar-refractivity contribution is 0.252. The molecule has 0 aliphatic carbocycles. The van der Waals surface area contributed by atoms with Crippen LogP contribution in [-0.2, 0) is 10.0 Å². The monoisotopic (exact) mass is 290 g/mol. The fourth-order valence-electron chi connectivity index (χ4n) is 2.11. The summed E-state index contributed by atoms with van der Waals surface area (Å²) in [6.07, 6.45) is 0.628. The summed E-state index contributed by atoms with van der Waals surface area (Å²) in [6, 6.07) is 2.18. The van der Waals surface area contributed by atoms with Gasteiger partial charge in [-0.25, -0.2) is 17.2 Å². The highest BCUT2D eigenvalue weighted by Crippen LogP contribution is 2.25. The summed E-state index contributed by atoms with van der Waals surface area (Å²) in [7, 11) is -3.95. The van der Waals surface area contributed by atoms with E-state index in [1.54, 1.807) is 0 Å². The van der Waals surface area contributed by atoms with Crippen molar-refractivity contribution >= 4 is 10.0 Å². The zero-order chi connectivity index (χ0) is 14.2. The van der Waals surface area contributed by atoms with Crippen LogP contribution in [0.15, 0.2) is 23.1 Å². The Bertz CT molecular complexity index is 577. The lowest BCUT2D eigenvalue weighted by Gasteiger charge is -2.34. The number of sulfonamides is 1. The van der Waals surface area contributed by atoms with Gasteiger partial charge in [-0.3, -0.25) is 0 Å². The van der Waals surface area contributed by atoms with Crippen molar-refractivity contribution in [1.82, 2.24) is 4.31 Å². The van der Waals surface area contributed by atoms with Gasteiger partial charge < -0.3 is 5.73 Å². The number of halogens is 2. The molecule has 1 aliphatic heterocycles. The average Bonchev–Trinajstić information content (AvgIpc) is 2.32. The molecule has 1 aliphatic rings. The summed E-state index contributed by atoms with van der Waals surface area (Å²) in [5, 5.41) is 0. The van der Waals surface area contributed by atoms with Gasteiger partial charge in [0, 0.05) is 25.2 Å². The number of nitrogens with two attached hydrogens (primary N) is 1. The fourth-order valence-corrected chi connectivity index (χ4v) is 3.65. The van der Waals surface area contributed by atoms with Gasteiger partial charge in [0.05, 0.1) is 0 Å². The molecule has 106 valence electrons. The van der Waals surface area contributed by atoms with Gasteiger partial charge in [-0.05, 0) is 24.5 Å². The Morgan fingerprint density at radius 3 is 2.63 bits per heavy atom. The molecule has 1 fully saturated rings. The number of benzene rings is 1. The van der Waals surface area contributed by atoms with Crippen LogP contribution in [0.2, 0.25) is 0 Å². The average molecular weight is 290 g/mol. The Kier molecular flexibility index (Phi) is 3.89. The quantitative estimate of drug-likeness (QED) is 0.893. The van der Waals surface area contributed by atoms with Crippen LogP contribution in [0.25, 0.3) is 0 Å². The second-order valence-electron chi connectivity index (χ2n) is 4.87. The number of piperidine rings is 1. The van der Waals surface area contributed by atoms with Crippen molar-refractivity contribution in [3.63, 3.8) is 0 Å². The van der Waals surface area contributed by atoms with Crippen molar-refractivity contribution in [3.05, 3.63) is 29.8 Å². The van der Waals surface area contributed by atoms with Crippen LogP contribution in [-0.4, -0.2) is 31.9 Å².